The summed E-state index contributed by atoms with van der Waals surface area (Å²) in [6.07, 6.45) is 9.76. The van der Waals surface area contributed by atoms with Crippen LogP contribution in [0.15, 0.2) is 36.4 Å². The van der Waals surface area contributed by atoms with Crippen molar-refractivity contribution < 1.29 is 9.90 Å². The third kappa shape index (κ3) is 4.26. The molecule has 4 rings (SSSR count). The van der Waals surface area contributed by atoms with Crippen LogP contribution in [0.4, 0.5) is 5.82 Å². The Morgan fingerprint density at radius 3 is 2.52 bits per heavy atom. The van der Waals surface area contributed by atoms with E-state index in [4.69, 9.17) is 0 Å². The van der Waals surface area contributed by atoms with Crippen molar-refractivity contribution in [3.63, 3.8) is 0 Å². The van der Waals surface area contributed by atoms with E-state index in [1.807, 2.05) is 18.2 Å². The monoisotopic (exact) mass is 392 g/mol. The fraction of sp³-hybridized carbons (Fsp3) is 0.435. The molecule has 6 nitrogen and oxygen atoms in total. The molecule has 0 saturated heterocycles. The second-order valence-corrected chi connectivity index (χ2v) is 8.28. The lowest BCUT2D eigenvalue weighted by atomic mass is 9.85. The number of aromatic nitrogens is 2. The lowest BCUT2D eigenvalue weighted by Gasteiger charge is -2.35. The number of benzene rings is 1. The number of fused-ring (bicyclic) bond motifs is 2. The van der Waals surface area contributed by atoms with Crippen molar-refractivity contribution in [2.45, 2.75) is 38.1 Å². The Balaban J connectivity index is 1.47. The van der Waals surface area contributed by atoms with Gasteiger partial charge in [0.25, 0.3) is 0 Å². The van der Waals surface area contributed by atoms with E-state index in [1.54, 1.807) is 25.3 Å². The second-order valence-electron chi connectivity index (χ2n) is 8.28. The molecule has 0 radical (unpaired) electrons. The molecule has 2 aliphatic carbocycles. The number of anilines is 1. The number of phenols is 1. The summed E-state index contributed by atoms with van der Waals surface area (Å²) < 4.78 is 0. The standard InChI is InChI=1S/C23H28N4O2/c1-24-23(29)10-6-15-5-7-19(21(28)14-15)20-8-9-22(26-25-20)27(2)18-12-16-3-4-17(11-16)13-18/h5-10,14,16-18,28H,3-4,11-13H2,1-2H3,(H,24,29)/b10-6+/t16-,17+,18?. The Morgan fingerprint density at radius 1 is 1.14 bits per heavy atom. The average Bonchev–Trinajstić information content (AvgIpc) is 3.09. The number of aromatic hydroxyl groups is 1. The van der Waals surface area contributed by atoms with E-state index in [-0.39, 0.29) is 11.7 Å². The van der Waals surface area contributed by atoms with Gasteiger partial charge in [0.2, 0.25) is 5.91 Å². The molecule has 2 aliphatic rings. The van der Waals surface area contributed by atoms with Crippen LogP contribution in [0.1, 0.15) is 37.7 Å². The molecule has 1 aromatic heterocycles. The highest BCUT2D eigenvalue weighted by atomic mass is 16.3. The Bertz CT molecular complexity index is 898. The molecule has 1 aromatic carbocycles. The van der Waals surface area contributed by atoms with Gasteiger partial charge in [0.15, 0.2) is 5.82 Å². The first-order valence-electron chi connectivity index (χ1n) is 10.3. The van der Waals surface area contributed by atoms with E-state index in [1.165, 1.54) is 38.2 Å². The number of hydrogen-bond acceptors (Lipinski definition) is 5. The van der Waals surface area contributed by atoms with Gasteiger partial charge in [-0.25, -0.2) is 0 Å². The minimum absolute atomic E-state index is 0.114. The van der Waals surface area contributed by atoms with Crippen LogP contribution in [-0.4, -0.2) is 41.3 Å². The second kappa shape index (κ2) is 8.23. The summed E-state index contributed by atoms with van der Waals surface area (Å²) in [5.41, 5.74) is 2.00. The van der Waals surface area contributed by atoms with E-state index >= 15 is 0 Å². The number of likely N-dealkylation sites (N-methyl/N-ethyl adjacent to an activating group) is 1. The Morgan fingerprint density at radius 2 is 1.90 bits per heavy atom. The number of carbonyl (C=O) groups excluding carboxylic acids is 1. The van der Waals surface area contributed by atoms with Crippen molar-refractivity contribution >= 4 is 17.8 Å². The van der Waals surface area contributed by atoms with Gasteiger partial charge >= 0.3 is 0 Å². The van der Waals surface area contributed by atoms with E-state index < -0.39 is 0 Å². The van der Waals surface area contributed by atoms with Gasteiger partial charge in [-0.2, -0.15) is 0 Å². The van der Waals surface area contributed by atoms with Crippen LogP contribution >= 0.6 is 0 Å². The lowest BCUT2D eigenvalue weighted by molar-refractivity contribution is -0.115. The predicted molar refractivity (Wildman–Crippen MR) is 114 cm³/mol. The normalized spacial score (nSPS) is 23.3. The first-order valence-corrected chi connectivity index (χ1v) is 10.3. The summed E-state index contributed by atoms with van der Waals surface area (Å²) in [6, 6.07) is 9.69. The zero-order valence-corrected chi connectivity index (χ0v) is 17.0. The van der Waals surface area contributed by atoms with Crippen molar-refractivity contribution in [1.82, 2.24) is 15.5 Å². The molecule has 0 spiro atoms. The first kappa shape index (κ1) is 19.4. The molecule has 2 bridgehead atoms. The zero-order chi connectivity index (χ0) is 20.4. The van der Waals surface area contributed by atoms with Crippen LogP contribution in [0.25, 0.3) is 17.3 Å². The number of nitrogens with one attached hydrogen (secondary N) is 1. The number of amides is 1. The zero-order valence-electron chi connectivity index (χ0n) is 17.0. The van der Waals surface area contributed by atoms with Crippen LogP contribution in [0.5, 0.6) is 5.75 Å². The third-order valence-corrected chi connectivity index (χ3v) is 6.39. The highest BCUT2D eigenvalue weighted by molar-refractivity contribution is 5.91. The van der Waals surface area contributed by atoms with Crippen LogP contribution in [-0.2, 0) is 4.79 Å². The van der Waals surface area contributed by atoms with Crippen molar-refractivity contribution in [3.05, 3.63) is 42.0 Å². The van der Waals surface area contributed by atoms with Crippen LogP contribution in [0.2, 0.25) is 0 Å². The summed E-state index contributed by atoms with van der Waals surface area (Å²) in [7, 11) is 3.69. The fourth-order valence-corrected chi connectivity index (χ4v) is 4.76. The van der Waals surface area contributed by atoms with E-state index in [0.29, 0.717) is 17.3 Å². The summed E-state index contributed by atoms with van der Waals surface area (Å²) in [6.45, 7) is 0. The van der Waals surface area contributed by atoms with Gasteiger partial charge < -0.3 is 15.3 Å². The molecule has 29 heavy (non-hydrogen) atoms. The van der Waals surface area contributed by atoms with Crippen molar-refractivity contribution in [3.8, 4) is 17.0 Å². The largest absolute Gasteiger partial charge is 0.507 e. The summed E-state index contributed by atoms with van der Waals surface area (Å²) in [4.78, 5) is 13.6. The Kier molecular flexibility index (Phi) is 5.51. The number of rotatable bonds is 5. The molecule has 152 valence electrons. The lowest BCUT2D eigenvalue weighted by Crippen LogP contribution is -2.37. The molecular formula is C23H28N4O2. The SMILES string of the molecule is CNC(=O)/C=C/c1ccc(-c2ccc(N(C)C3C[C@H]4CC[C@@H](C3)C4)nn2)c(O)c1. The topological polar surface area (TPSA) is 78.4 Å². The molecule has 6 heteroatoms. The molecular weight excluding hydrogens is 364 g/mol. The minimum Gasteiger partial charge on any atom is -0.507 e. The Labute approximate surface area is 171 Å². The fourth-order valence-electron chi connectivity index (χ4n) is 4.76. The number of phenolic OH excluding ortho intramolecular Hbond substituents is 1. The molecule has 1 unspecified atom stereocenters. The third-order valence-electron chi connectivity index (χ3n) is 6.39. The van der Waals surface area contributed by atoms with Crippen LogP contribution in [0.3, 0.4) is 0 Å². The molecule has 2 fully saturated rings. The summed E-state index contributed by atoms with van der Waals surface area (Å²) >= 11 is 0. The minimum atomic E-state index is -0.190. The van der Waals surface area contributed by atoms with Gasteiger partial charge in [-0.1, -0.05) is 18.9 Å². The molecule has 2 aromatic rings. The molecule has 2 saturated carbocycles. The Hall–Kier alpha value is -2.89. The maximum absolute atomic E-state index is 11.3. The maximum atomic E-state index is 11.3. The highest BCUT2D eigenvalue weighted by Gasteiger charge is 2.36. The van der Waals surface area contributed by atoms with E-state index in [2.05, 4.69) is 27.5 Å². The van der Waals surface area contributed by atoms with Crippen molar-refractivity contribution in [2.75, 3.05) is 19.0 Å². The van der Waals surface area contributed by atoms with Gasteiger partial charge in [-0.15, -0.1) is 10.2 Å². The molecule has 1 heterocycles. The van der Waals surface area contributed by atoms with Gasteiger partial charge in [-0.3, -0.25) is 4.79 Å². The van der Waals surface area contributed by atoms with Gasteiger partial charge in [0, 0.05) is 31.8 Å². The smallest absolute Gasteiger partial charge is 0.243 e. The summed E-state index contributed by atoms with van der Waals surface area (Å²) in [5.74, 6) is 2.56. The van der Waals surface area contributed by atoms with E-state index in [0.717, 1.165) is 23.2 Å². The van der Waals surface area contributed by atoms with Crippen LogP contribution in [0, 0.1) is 11.8 Å². The highest BCUT2D eigenvalue weighted by Crippen LogP contribution is 2.43. The van der Waals surface area contributed by atoms with Crippen molar-refractivity contribution in [1.29, 1.82) is 0 Å². The summed E-state index contributed by atoms with van der Waals surface area (Å²) in [5, 5.41) is 21.7. The molecule has 2 N–H and O–H groups in total. The average molecular weight is 393 g/mol. The quantitative estimate of drug-likeness (QED) is 0.760. The van der Waals surface area contributed by atoms with Gasteiger partial charge in [-0.05, 0) is 67.0 Å². The van der Waals surface area contributed by atoms with Crippen molar-refractivity contribution in [2.24, 2.45) is 11.8 Å². The number of carbonyl (C=O) groups is 1. The predicted octanol–water partition coefficient (Wildman–Crippen LogP) is 3.62. The molecule has 0 aliphatic heterocycles. The first-order chi connectivity index (χ1) is 14.0. The van der Waals surface area contributed by atoms with Crippen LogP contribution < -0.4 is 10.2 Å². The maximum Gasteiger partial charge on any atom is 0.243 e. The number of nitrogens with zero attached hydrogens (tertiary/aromatic N) is 3. The van der Waals surface area contributed by atoms with Gasteiger partial charge in [0.1, 0.15) is 5.75 Å². The van der Waals surface area contributed by atoms with E-state index in [9.17, 15) is 9.90 Å². The molecule has 1 amide bonds. The molecule has 3 atom stereocenters. The number of hydrogen-bond donors (Lipinski definition) is 2. The van der Waals surface area contributed by atoms with Gasteiger partial charge in [0.05, 0.1) is 5.69 Å².